The van der Waals surface area contributed by atoms with Gasteiger partial charge in [0.25, 0.3) is 0 Å². The molecule has 0 unspecified atom stereocenters. The van der Waals surface area contributed by atoms with Crippen LogP contribution in [-0.2, 0) is 4.79 Å². The summed E-state index contributed by atoms with van der Waals surface area (Å²) >= 11 is 4.37. The first kappa shape index (κ1) is 8.91. The number of rotatable bonds is 1. The van der Waals surface area contributed by atoms with Crippen molar-refractivity contribution in [3.8, 4) is 0 Å². The summed E-state index contributed by atoms with van der Waals surface area (Å²) in [5.74, 6) is 0.452. The van der Waals surface area contributed by atoms with Crippen molar-refractivity contribution in [2.24, 2.45) is 5.92 Å². The van der Waals surface area contributed by atoms with Crippen molar-refractivity contribution in [2.45, 2.75) is 30.9 Å². The molecule has 0 aromatic heterocycles. The van der Waals surface area contributed by atoms with Crippen molar-refractivity contribution in [3.05, 3.63) is 0 Å². The minimum atomic E-state index is 0.199. The Bertz CT molecular complexity index is 141. The van der Waals surface area contributed by atoms with Gasteiger partial charge in [-0.15, -0.1) is 0 Å². The Hall–Kier alpha value is -0.180. The molecule has 1 aliphatic rings. The van der Waals surface area contributed by atoms with Crippen LogP contribution in [0.1, 0.15) is 25.7 Å². The van der Waals surface area contributed by atoms with Crippen LogP contribution in [-0.4, -0.2) is 18.2 Å². The second-order valence-corrected chi connectivity index (χ2v) is 3.85. The van der Waals surface area contributed by atoms with Gasteiger partial charge in [0, 0.05) is 18.2 Å². The summed E-state index contributed by atoms with van der Waals surface area (Å²) in [4.78, 5) is 11.1. The maximum atomic E-state index is 11.1. The van der Waals surface area contributed by atoms with Crippen LogP contribution in [0.2, 0.25) is 0 Å². The Labute approximate surface area is 73.2 Å². The van der Waals surface area contributed by atoms with Crippen LogP contribution in [0.15, 0.2) is 0 Å². The van der Waals surface area contributed by atoms with Gasteiger partial charge < -0.3 is 5.32 Å². The molecule has 0 saturated heterocycles. The summed E-state index contributed by atoms with van der Waals surface area (Å²) in [6, 6.07) is 0. The van der Waals surface area contributed by atoms with Crippen LogP contribution in [0.5, 0.6) is 0 Å². The van der Waals surface area contributed by atoms with Crippen LogP contribution in [0.3, 0.4) is 0 Å². The molecule has 2 nitrogen and oxygen atoms in total. The maximum Gasteiger partial charge on any atom is 0.222 e. The Morgan fingerprint density at radius 2 is 1.91 bits per heavy atom. The molecule has 0 heterocycles. The quantitative estimate of drug-likeness (QED) is 0.574. The number of carbonyl (C=O) groups excluding carboxylic acids is 1. The number of hydrogen-bond acceptors (Lipinski definition) is 2. The molecule has 1 aliphatic carbocycles. The summed E-state index contributed by atoms with van der Waals surface area (Å²) in [5, 5.41) is 3.21. The Kier molecular flexibility index (Phi) is 3.24. The number of amides is 1. The third-order valence-corrected chi connectivity index (χ3v) is 2.83. The van der Waals surface area contributed by atoms with Crippen LogP contribution >= 0.6 is 12.6 Å². The first-order chi connectivity index (χ1) is 5.24. The Morgan fingerprint density at radius 1 is 1.36 bits per heavy atom. The molecule has 0 aliphatic heterocycles. The minimum absolute atomic E-state index is 0.199. The fraction of sp³-hybridized carbons (Fsp3) is 0.875. The van der Waals surface area contributed by atoms with E-state index in [1.807, 2.05) is 0 Å². The molecule has 1 amide bonds. The average Bonchev–Trinajstić information content (AvgIpc) is 2.05. The van der Waals surface area contributed by atoms with Gasteiger partial charge in [-0.05, 0) is 25.7 Å². The highest BCUT2D eigenvalue weighted by Gasteiger charge is 2.23. The van der Waals surface area contributed by atoms with E-state index >= 15 is 0 Å². The van der Waals surface area contributed by atoms with Crippen LogP contribution in [0.4, 0.5) is 0 Å². The molecule has 11 heavy (non-hydrogen) atoms. The molecular weight excluding hydrogens is 158 g/mol. The Morgan fingerprint density at radius 3 is 2.36 bits per heavy atom. The lowest BCUT2D eigenvalue weighted by molar-refractivity contribution is -0.125. The lowest BCUT2D eigenvalue weighted by Gasteiger charge is -2.23. The van der Waals surface area contributed by atoms with Crippen molar-refractivity contribution >= 4 is 18.5 Å². The summed E-state index contributed by atoms with van der Waals surface area (Å²) in [5.41, 5.74) is 0. The number of carbonyl (C=O) groups is 1. The van der Waals surface area contributed by atoms with Gasteiger partial charge in [-0.2, -0.15) is 12.6 Å². The fourth-order valence-corrected chi connectivity index (χ4v) is 1.84. The van der Waals surface area contributed by atoms with Gasteiger partial charge in [-0.25, -0.2) is 0 Å². The second kappa shape index (κ2) is 4.00. The average molecular weight is 173 g/mol. The van der Waals surface area contributed by atoms with Crippen LogP contribution < -0.4 is 5.32 Å². The molecule has 64 valence electrons. The lowest BCUT2D eigenvalue weighted by atomic mass is 9.88. The molecule has 0 atom stereocenters. The Balaban J connectivity index is 2.33. The molecule has 0 spiro atoms. The molecule has 1 rings (SSSR count). The van der Waals surface area contributed by atoms with Gasteiger partial charge in [0.15, 0.2) is 0 Å². The standard InChI is InChI=1S/C8H15NOS/c1-9-8(10)6-2-4-7(11)5-3-6/h6-7,11H,2-5H2,1H3,(H,9,10). The SMILES string of the molecule is CNC(=O)C1CCC(S)CC1. The topological polar surface area (TPSA) is 29.1 Å². The largest absolute Gasteiger partial charge is 0.359 e. The van der Waals surface area contributed by atoms with E-state index in [9.17, 15) is 4.79 Å². The predicted molar refractivity (Wildman–Crippen MR) is 48.8 cm³/mol. The van der Waals surface area contributed by atoms with Gasteiger partial charge >= 0.3 is 0 Å². The zero-order valence-electron chi connectivity index (χ0n) is 6.84. The van der Waals surface area contributed by atoms with E-state index in [2.05, 4.69) is 17.9 Å². The van der Waals surface area contributed by atoms with E-state index < -0.39 is 0 Å². The van der Waals surface area contributed by atoms with E-state index in [4.69, 9.17) is 0 Å². The predicted octanol–water partition coefficient (Wildman–Crippen LogP) is 1.22. The summed E-state index contributed by atoms with van der Waals surface area (Å²) in [6.07, 6.45) is 4.18. The van der Waals surface area contributed by atoms with E-state index in [1.54, 1.807) is 7.05 Å². The van der Waals surface area contributed by atoms with E-state index in [-0.39, 0.29) is 11.8 Å². The molecule has 0 radical (unpaired) electrons. The monoisotopic (exact) mass is 173 g/mol. The van der Waals surface area contributed by atoms with Crippen LogP contribution in [0, 0.1) is 5.92 Å². The smallest absolute Gasteiger partial charge is 0.222 e. The van der Waals surface area contributed by atoms with Gasteiger partial charge in [-0.1, -0.05) is 0 Å². The normalized spacial score (nSPS) is 31.5. The fourth-order valence-electron chi connectivity index (χ4n) is 1.54. The third-order valence-electron chi connectivity index (χ3n) is 2.31. The molecule has 1 saturated carbocycles. The first-order valence-corrected chi connectivity index (χ1v) is 4.65. The van der Waals surface area contributed by atoms with Crippen molar-refractivity contribution in [1.29, 1.82) is 0 Å². The van der Waals surface area contributed by atoms with Gasteiger partial charge in [0.05, 0.1) is 0 Å². The molecule has 1 fully saturated rings. The second-order valence-electron chi connectivity index (χ2n) is 3.12. The number of hydrogen-bond donors (Lipinski definition) is 2. The van der Waals surface area contributed by atoms with Gasteiger partial charge in [0.2, 0.25) is 5.91 Å². The van der Waals surface area contributed by atoms with Crippen LogP contribution in [0.25, 0.3) is 0 Å². The van der Waals surface area contributed by atoms with Gasteiger partial charge in [0.1, 0.15) is 0 Å². The van der Waals surface area contributed by atoms with Crippen molar-refractivity contribution < 1.29 is 4.79 Å². The summed E-state index contributed by atoms with van der Waals surface area (Å²) < 4.78 is 0. The van der Waals surface area contributed by atoms with Gasteiger partial charge in [-0.3, -0.25) is 4.79 Å². The summed E-state index contributed by atoms with van der Waals surface area (Å²) in [7, 11) is 1.70. The highest BCUT2D eigenvalue weighted by atomic mass is 32.1. The zero-order valence-corrected chi connectivity index (χ0v) is 7.73. The summed E-state index contributed by atoms with van der Waals surface area (Å²) in [6.45, 7) is 0. The third kappa shape index (κ3) is 2.40. The molecule has 1 N–H and O–H groups in total. The maximum absolute atomic E-state index is 11.1. The molecule has 0 aromatic rings. The zero-order chi connectivity index (χ0) is 8.27. The number of thiol groups is 1. The van der Waals surface area contributed by atoms with E-state index in [1.165, 1.54) is 0 Å². The van der Waals surface area contributed by atoms with Crippen molar-refractivity contribution in [3.63, 3.8) is 0 Å². The minimum Gasteiger partial charge on any atom is -0.359 e. The van der Waals surface area contributed by atoms with Crippen molar-refractivity contribution in [2.75, 3.05) is 7.05 Å². The molecule has 0 aromatic carbocycles. The van der Waals surface area contributed by atoms with E-state index in [0.29, 0.717) is 5.25 Å². The van der Waals surface area contributed by atoms with E-state index in [0.717, 1.165) is 25.7 Å². The molecular formula is C8H15NOS. The lowest BCUT2D eigenvalue weighted by Crippen LogP contribution is -2.30. The highest BCUT2D eigenvalue weighted by molar-refractivity contribution is 7.80. The molecule has 3 heteroatoms. The first-order valence-electron chi connectivity index (χ1n) is 4.13. The number of nitrogens with one attached hydrogen (secondary N) is 1. The molecule has 0 bridgehead atoms. The van der Waals surface area contributed by atoms with Crippen molar-refractivity contribution in [1.82, 2.24) is 5.32 Å². The highest BCUT2D eigenvalue weighted by Crippen LogP contribution is 2.27.